The number of allylic oxidation sites excluding steroid dienone is 14. The summed E-state index contributed by atoms with van der Waals surface area (Å²) < 4.78 is 26.3. The van der Waals surface area contributed by atoms with Crippen LogP contribution in [0.15, 0.2) is 85.1 Å². The van der Waals surface area contributed by atoms with Gasteiger partial charge in [0.1, 0.15) is 6.61 Å². The highest BCUT2D eigenvalue weighted by Crippen LogP contribution is 2.36. The Balaban J connectivity index is 4.03. The molecule has 0 rings (SSSR count). The standard InChI is InChI=1S/C47H79O8P/c1-3-5-7-9-11-13-15-17-19-21-23-25-27-29-31-33-35-37-39-41-46(48)53-43-45(44-54-56(50,51)52)55-47(49)42-40-38-36-34-32-30-28-26-24-22-20-18-16-14-12-10-8-6-4-2/h6,8,12,14,17-20,24,26,30,32,36,38,45H,3-5,7,9-11,13,15-16,21-23,25,27-29,31,33-35,37,39-44H2,1-2H3,(H2,50,51,52)/b8-6-,14-12-,19-17-,20-18-,26-24-,32-30-,38-36-/t45-/m1/s1. The van der Waals surface area contributed by atoms with Gasteiger partial charge in [-0.25, -0.2) is 4.57 Å². The lowest BCUT2D eigenvalue weighted by Gasteiger charge is -2.18. The Labute approximate surface area is 342 Å². The maximum absolute atomic E-state index is 12.4. The quantitative estimate of drug-likeness (QED) is 0.0273. The van der Waals surface area contributed by atoms with Gasteiger partial charge in [0.25, 0.3) is 0 Å². The fourth-order valence-electron chi connectivity index (χ4n) is 5.69. The number of ether oxygens (including phenoxy) is 2. The Morgan fingerprint density at radius 2 is 0.893 bits per heavy atom. The van der Waals surface area contributed by atoms with Crippen molar-refractivity contribution < 1.29 is 37.9 Å². The molecule has 0 aromatic rings. The average Bonchev–Trinajstić information content (AvgIpc) is 3.17. The molecule has 0 unspecified atom stereocenters. The maximum atomic E-state index is 12.4. The zero-order valence-corrected chi connectivity index (χ0v) is 36.1. The number of carbonyl (C=O) groups excluding carboxylic acids is 2. The van der Waals surface area contributed by atoms with Crippen LogP contribution in [0.5, 0.6) is 0 Å². The van der Waals surface area contributed by atoms with Gasteiger partial charge >= 0.3 is 19.8 Å². The summed E-state index contributed by atoms with van der Waals surface area (Å²) in [5.41, 5.74) is 0. The molecule has 0 amide bonds. The highest BCUT2D eigenvalue weighted by atomic mass is 31.2. The summed E-state index contributed by atoms with van der Waals surface area (Å²) in [6, 6.07) is 0. The van der Waals surface area contributed by atoms with Crippen LogP contribution >= 0.6 is 7.82 Å². The van der Waals surface area contributed by atoms with E-state index in [2.05, 4.69) is 91.3 Å². The van der Waals surface area contributed by atoms with Crippen LogP contribution in [0.3, 0.4) is 0 Å². The largest absolute Gasteiger partial charge is 0.469 e. The zero-order valence-electron chi connectivity index (χ0n) is 35.3. The van der Waals surface area contributed by atoms with Crippen molar-refractivity contribution in [1.29, 1.82) is 0 Å². The first kappa shape index (κ1) is 53.2. The summed E-state index contributed by atoms with van der Waals surface area (Å²) in [6.07, 6.45) is 56.0. The number of rotatable bonds is 39. The molecule has 56 heavy (non-hydrogen) atoms. The monoisotopic (exact) mass is 803 g/mol. The smallest absolute Gasteiger partial charge is 0.462 e. The highest BCUT2D eigenvalue weighted by molar-refractivity contribution is 7.46. The van der Waals surface area contributed by atoms with Gasteiger partial charge in [-0.2, -0.15) is 0 Å². The summed E-state index contributed by atoms with van der Waals surface area (Å²) >= 11 is 0. The molecule has 1 atom stereocenters. The van der Waals surface area contributed by atoms with Gasteiger partial charge in [0.05, 0.1) is 6.61 Å². The van der Waals surface area contributed by atoms with Gasteiger partial charge in [-0.05, 0) is 77.0 Å². The molecular formula is C47H79O8P. The fourth-order valence-corrected chi connectivity index (χ4v) is 6.05. The first-order valence-corrected chi connectivity index (χ1v) is 23.4. The van der Waals surface area contributed by atoms with Crippen LogP contribution in [0.1, 0.15) is 181 Å². The molecule has 0 fully saturated rings. The van der Waals surface area contributed by atoms with Gasteiger partial charge in [-0.3, -0.25) is 14.1 Å². The van der Waals surface area contributed by atoms with E-state index < -0.39 is 32.5 Å². The minimum Gasteiger partial charge on any atom is -0.462 e. The molecule has 0 aliphatic rings. The molecular weight excluding hydrogens is 723 g/mol. The van der Waals surface area contributed by atoms with Crippen LogP contribution in [-0.4, -0.2) is 41.0 Å². The van der Waals surface area contributed by atoms with E-state index in [0.717, 1.165) is 57.8 Å². The molecule has 8 nitrogen and oxygen atoms in total. The predicted molar refractivity (Wildman–Crippen MR) is 234 cm³/mol. The minimum absolute atomic E-state index is 0.0826. The van der Waals surface area contributed by atoms with Crippen LogP contribution < -0.4 is 0 Å². The van der Waals surface area contributed by atoms with Gasteiger partial charge in [0, 0.05) is 12.8 Å². The number of hydrogen-bond acceptors (Lipinski definition) is 6. The van der Waals surface area contributed by atoms with Crippen molar-refractivity contribution in [2.45, 2.75) is 187 Å². The summed E-state index contributed by atoms with van der Waals surface area (Å²) in [6.45, 7) is 3.50. The first-order valence-electron chi connectivity index (χ1n) is 21.9. The van der Waals surface area contributed by atoms with Crippen LogP contribution in [-0.2, 0) is 28.2 Å². The molecule has 0 saturated heterocycles. The minimum atomic E-state index is -4.78. The Morgan fingerprint density at radius 1 is 0.482 bits per heavy atom. The van der Waals surface area contributed by atoms with E-state index in [1.165, 1.54) is 83.5 Å². The molecule has 320 valence electrons. The van der Waals surface area contributed by atoms with Crippen LogP contribution in [0.2, 0.25) is 0 Å². The molecule has 0 radical (unpaired) electrons. The third-order valence-corrected chi connectivity index (χ3v) is 9.40. The van der Waals surface area contributed by atoms with Gasteiger partial charge in [0.2, 0.25) is 0 Å². The Hall–Kier alpha value is -2.77. The van der Waals surface area contributed by atoms with E-state index in [0.29, 0.717) is 12.8 Å². The van der Waals surface area contributed by atoms with Crippen molar-refractivity contribution in [2.24, 2.45) is 0 Å². The van der Waals surface area contributed by atoms with Crippen molar-refractivity contribution in [2.75, 3.05) is 13.2 Å². The summed E-state index contributed by atoms with van der Waals surface area (Å²) in [5, 5.41) is 0. The Kier molecular flexibility index (Phi) is 39.8. The van der Waals surface area contributed by atoms with E-state index in [1.54, 1.807) is 0 Å². The number of unbranched alkanes of at least 4 members (excludes halogenated alkanes) is 15. The lowest BCUT2D eigenvalue weighted by molar-refractivity contribution is -0.161. The maximum Gasteiger partial charge on any atom is 0.469 e. The van der Waals surface area contributed by atoms with Gasteiger partial charge in [-0.15, -0.1) is 0 Å². The summed E-state index contributed by atoms with van der Waals surface area (Å²) in [4.78, 5) is 42.9. The first-order chi connectivity index (χ1) is 27.3. The molecule has 0 bridgehead atoms. The van der Waals surface area contributed by atoms with Gasteiger partial charge in [-0.1, -0.05) is 176 Å². The molecule has 2 N–H and O–H groups in total. The SMILES string of the molecule is CC/C=C\C/C=C\C/C=C\C/C=C\C/C=C\C/C=C\CCC(=O)O[C@H](COC(=O)CCCCCCCCCCC/C=C\CCCCCCCC)COP(=O)(O)O. The van der Waals surface area contributed by atoms with Gasteiger partial charge in [0.15, 0.2) is 6.10 Å². The van der Waals surface area contributed by atoms with Crippen molar-refractivity contribution in [3.05, 3.63) is 85.1 Å². The fraction of sp³-hybridized carbons (Fsp3) is 0.660. The lowest BCUT2D eigenvalue weighted by atomic mass is 10.1. The van der Waals surface area contributed by atoms with Crippen molar-refractivity contribution >= 4 is 19.8 Å². The molecule has 0 aromatic carbocycles. The number of carbonyl (C=O) groups is 2. The van der Waals surface area contributed by atoms with Crippen molar-refractivity contribution in [3.8, 4) is 0 Å². The van der Waals surface area contributed by atoms with Crippen LogP contribution in [0.25, 0.3) is 0 Å². The number of phosphoric acid groups is 1. The van der Waals surface area contributed by atoms with Crippen LogP contribution in [0.4, 0.5) is 0 Å². The third kappa shape index (κ3) is 44.0. The van der Waals surface area contributed by atoms with E-state index in [-0.39, 0.29) is 19.4 Å². The molecule has 0 spiro atoms. The van der Waals surface area contributed by atoms with E-state index in [9.17, 15) is 14.2 Å². The van der Waals surface area contributed by atoms with E-state index >= 15 is 0 Å². The topological polar surface area (TPSA) is 119 Å². The van der Waals surface area contributed by atoms with Crippen molar-refractivity contribution in [3.63, 3.8) is 0 Å². The number of esters is 2. The molecule has 0 aliphatic carbocycles. The second kappa shape index (κ2) is 41.9. The Bertz CT molecular complexity index is 1180. The lowest BCUT2D eigenvalue weighted by Crippen LogP contribution is -2.29. The van der Waals surface area contributed by atoms with Gasteiger partial charge < -0.3 is 19.3 Å². The predicted octanol–water partition coefficient (Wildman–Crippen LogP) is 13.6. The Morgan fingerprint density at radius 3 is 1.36 bits per heavy atom. The number of phosphoric ester groups is 1. The number of hydrogen-bond donors (Lipinski definition) is 2. The summed E-state index contributed by atoms with van der Waals surface area (Å²) in [7, 11) is -4.78. The second-order valence-electron chi connectivity index (χ2n) is 14.3. The molecule has 0 aliphatic heterocycles. The molecule has 0 aromatic heterocycles. The third-order valence-electron chi connectivity index (χ3n) is 8.91. The van der Waals surface area contributed by atoms with Crippen LogP contribution in [0, 0.1) is 0 Å². The molecule has 9 heteroatoms. The van der Waals surface area contributed by atoms with Crippen molar-refractivity contribution in [1.82, 2.24) is 0 Å². The van der Waals surface area contributed by atoms with E-state index in [4.69, 9.17) is 19.3 Å². The second-order valence-corrected chi connectivity index (χ2v) is 15.5. The average molecular weight is 803 g/mol. The highest BCUT2D eigenvalue weighted by Gasteiger charge is 2.22. The molecule has 0 saturated carbocycles. The normalized spacial score (nSPS) is 13.3. The summed E-state index contributed by atoms with van der Waals surface area (Å²) in [5.74, 6) is -0.989. The molecule has 0 heterocycles. The zero-order chi connectivity index (χ0) is 41.1. The van der Waals surface area contributed by atoms with E-state index in [1.807, 2.05) is 12.2 Å².